The number of ether oxygens (including phenoxy) is 1. The van der Waals surface area contributed by atoms with E-state index in [1.807, 2.05) is 12.1 Å². The van der Waals surface area contributed by atoms with Crippen molar-refractivity contribution in [3.05, 3.63) is 206 Å². The van der Waals surface area contributed by atoms with Crippen LogP contribution in [0.2, 0.25) is 0 Å². The first-order valence-corrected chi connectivity index (χ1v) is 19.5. The fourth-order valence-electron chi connectivity index (χ4n) is 8.73. The summed E-state index contributed by atoms with van der Waals surface area (Å²) in [7, 11) is 0. The Balaban J connectivity index is 1.18. The highest BCUT2D eigenvalue weighted by molar-refractivity contribution is 6.25. The van der Waals surface area contributed by atoms with Crippen LogP contribution in [0, 0.1) is 0 Å². The van der Waals surface area contributed by atoms with Crippen molar-refractivity contribution in [2.24, 2.45) is 0 Å². The van der Waals surface area contributed by atoms with Crippen LogP contribution < -0.4 is 9.64 Å². The van der Waals surface area contributed by atoms with E-state index in [0.717, 1.165) is 52.5 Å². The lowest BCUT2D eigenvalue weighted by Gasteiger charge is -2.33. The van der Waals surface area contributed by atoms with E-state index in [2.05, 4.69) is 193 Å². The number of allylic oxidation sites excluding steroid dienone is 4. The van der Waals surface area contributed by atoms with Crippen molar-refractivity contribution in [2.75, 3.05) is 4.90 Å². The van der Waals surface area contributed by atoms with Gasteiger partial charge in [0.05, 0.1) is 11.4 Å². The molecule has 11 rings (SSSR count). The van der Waals surface area contributed by atoms with Gasteiger partial charge in [-0.05, 0) is 156 Å². The highest BCUT2D eigenvalue weighted by Crippen LogP contribution is 2.51. The maximum Gasteiger partial charge on any atom is 0.151 e. The van der Waals surface area contributed by atoms with Gasteiger partial charge < -0.3 is 9.64 Å². The third-order valence-electron chi connectivity index (χ3n) is 11.4. The van der Waals surface area contributed by atoms with Gasteiger partial charge in [-0.2, -0.15) is 0 Å². The number of para-hydroxylation sites is 4. The van der Waals surface area contributed by atoms with E-state index in [-0.39, 0.29) is 0 Å². The van der Waals surface area contributed by atoms with Crippen LogP contribution in [0.15, 0.2) is 200 Å². The number of hydrogen-bond donors (Lipinski definition) is 0. The summed E-state index contributed by atoms with van der Waals surface area (Å²) in [5, 5.41) is 7.64. The molecule has 0 spiro atoms. The van der Waals surface area contributed by atoms with Crippen LogP contribution in [-0.2, 0) is 0 Å². The fourth-order valence-corrected chi connectivity index (χ4v) is 8.73. The first-order valence-electron chi connectivity index (χ1n) is 19.5. The molecule has 0 unspecified atom stereocenters. The molecule has 264 valence electrons. The molecule has 0 atom stereocenters. The van der Waals surface area contributed by atoms with Crippen molar-refractivity contribution in [2.45, 2.75) is 12.8 Å². The molecular weight excluding hydrogens is 679 g/mol. The smallest absolute Gasteiger partial charge is 0.151 e. The monoisotopic (exact) mass is 715 g/mol. The Morgan fingerprint density at radius 1 is 0.357 bits per heavy atom. The number of benzene rings is 9. The van der Waals surface area contributed by atoms with Crippen LogP contribution in [0.1, 0.15) is 18.4 Å². The Kier molecular flexibility index (Phi) is 7.67. The normalized spacial score (nSPS) is 13.4. The minimum absolute atomic E-state index is 0.839. The first kappa shape index (κ1) is 32.3. The van der Waals surface area contributed by atoms with Gasteiger partial charge in [0, 0.05) is 5.69 Å². The van der Waals surface area contributed by atoms with Crippen molar-refractivity contribution < 1.29 is 4.74 Å². The second-order valence-corrected chi connectivity index (χ2v) is 14.8. The fraction of sp³-hybridized carbons (Fsp3) is 0.0370. The predicted octanol–water partition coefficient (Wildman–Crippen LogP) is 15.5. The summed E-state index contributed by atoms with van der Waals surface area (Å²) in [6, 6.07) is 66.2. The molecule has 0 saturated carbocycles. The Morgan fingerprint density at radius 3 is 1.48 bits per heavy atom. The summed E-state index contributed by atoms with van der Waals surface area (Å²) >= 11 is 0. The van der Waals surface area contributed by atoms with Crippen molar-refractivity contribution in [3.8, 4) is 44.9 Å². The Hall–Kier alpha value is -7.16. The average molecular weight is 716 g/mol. The molecule has 0 aromatic heterocycles. The summed E-state index contributed by atoms with van der Waals surface area (Å²) in [6.07, 6.45) is 9.09. The number of hydrogen-bond acceptors (Lipinski definition) is 2. The topological polar surface area (TPSA) is 12.5 Å². The third-order valence-corrected chi connectivity index (χ3v) is 11.4. The molecule has 56 heavy (non-hydrogen) atoms. The molecule has 1 heterocycles. The molecule has 0 fully saturated rings. The SMILES string of the molecule is C1=CC(c2cc(-c3ccccc3)cc(-c3cc(-c4ccc5c6ccccc6c6ccccc6c5c4)cc(N4c5ccccc5Oc5ccccc54)c3)c2)=CCC1. The largest absolute Gasteiger partial charge is 0.453 e. The van der Waals surface area contributed by atoms with Crippen LogP contribution in [0.5, 0.6) is 11.5 Å². The summed E-state index contributed by atoms with van der Waals surface area (Å²) in [5.41, 5.74) is 12.7. The highest BCUT2D eigenvalue weighted by Gasteiger charge is 2.26. The lowest BCUT2D eigenvalue weighted by Crippen LogP contribution is -2.15. The van der Waals surface area contributed by atoms with Gasteiger partial charge in [0.15, 0.2) is 11.5 Å². The Labute approximate surface area is 326 Å². The van der Waals surface area contributed by atoms with Gasteiger partial charge in [-0.15, -0.1) is 0 Å². The molecule has 1 aliphatic heterocycles. The molecule has 1 aliphatic carbocycles. The van der Waals surface area contributed by atoms with E-state index >= 15 is 0 Å². The number of rotatable bonds is 5. The second kappa shape index (κ2) is 13.3. The summed E-state index contributed by atoms with van der Waals surface area (Å²) < 4.78 is 6.48. The van der Waals surface area contributed by atoms with Gasteiger partial charge in [-0.1, -0.05) is 133 Å². The van der Waals surface area contributed by atoms with Gasteiger partial charge in [0.2, 0.25) is 0 Å². The lowest BCUT2D eigenvalue weighted by molar-refractivity contribution is 0.477. The first-order chi connectivity index (χ1) is 27.7. The molecule has 0 amide bonds. The molecule has 0 N–H and O–H groups in total. The summed E-state index contributed by atoms with van der Waals surface area (Å²) in [6.45, 7) is 0. The van der Waals surface area contributed by atoms with E-state index in [4.69, 9.17) is 4.74 Å². The van der Waals surface area contributed by atoms with Gasteiger partial charge in [0.25, 0.3) is 0 Å². The standard InChI is InChI=1S/C54H37NO/c1-3-15-36(16-4-1)39-29-40(37-17-5-2-6-18-37)31-41(30-39)43-32-42(33-44(34-43)55-51-23-11-13-25-53(51)56-54-26-14-12-24-52(54)55)38-27-28-49-47-21-8-7-19-45(47)46-20-9-10-22-48(46)50(49)35-38/h1,3-5,7-35H,2,6H2. The molecule has 2 aliphatic rings. The molecular formula is C54H37NO. The van der Waals surface area contributed by atoms with Crippen LogP contribution in [0.25, 0.3) is 71.3 Å². The van der Waals surface area contributed by atoms with Crippen molar-refractivity contribution in [3.63, 3.8) is 0 Å². The maximum atomic E-state index is 6.48. The van der Waals surface area contributed by atoms with Gasteiger partial charge in [0.1, 0.15) is 0 Å². The van der Waals surface area contributed by atoms with Gasteiger partial charge >= 0.3 is 0 Å². The summed E-state index contributed by atoms with van der Waals surface area (Å²) in [5.74, 6) is 1.68. The number of anilines is 3. The van der Waals surface area contributed by atoms with Crippen LogP contribution in [-0.4, -0.2) is 0 Å². The highest BCUT2D eigenvalue weighted by atomic mass is 16.5. The van der Waals surface area contributed by atoms with E-state index in [0.29, 0.717) is 0 Å². The molecule has 0 bridgehead atoms. The number of nitrogens with zero attached hydrogens (tertiary/aromatic N) is 1. The zero-order valence-corrected chi connectivity index (χ0v) is 30.8. The minimum Gasteiger partial charge on any atom is -0.453 e. The van der Waals surface area contributed by atoms with Gasteiger partial charge in [-0.25, -0.2) is 0 Å². The van der Waals surface area contributed by atoms with Crippen LogP contribution >= 0.6 is 0 Å². The maximum absolute atomic E-state index is 6.48. The average Bonchev–Trinajstić information content (AvgIpc) is 3.28. The predicted molar refractivity (Wildman–Crippen MR) is 236 cm³/mol. The van der Waals surface area contributed by atoms with Crippen molar-refractivity contribution in [1.82, 2.24) is 0 Å². The summed E-state index contributed by atoms with van der Waals surface area (Å²) in [4.78, 5) is 2.36. The second-order valence-electron chi connectivity index (χ2n) is 14.8. The van der Waals surface area contributed by atoms with E-state index in [1.165, 1.54) is 65.7 Å². The Morgan fingerprint density at radius 2 is 0.857 bits per heavy atom. The number of fused-ring (bicyclic) bond motifs is 8. The molecule has 2 nitrogen and oxygen atoms in total. The van der Waals surface area contributed by atoms with E-state index in [1.54, 1.807) is 0 Å². The molecule has 2 heteroatoms. The zero-order valence-electron chi connectivity index (χ0n) is 30.8. The molecule has 0 saturated heterocycles. The van der Waals surface area contributed by atoms with Crippen molar-refractivity contribution >= 4 is 55.0 Å². The molecule has 9 aromatic rings. The van der Waals surface area contributed by atoms with Crippen LogP contribution in [0.3, 0.4) is 0 Å². The molecule has 0 radical (unpaired) electrons. The van der Waals surface area contributed by atoms with Crippen molar-refractivity contribution in [1.29, 1.82) is 0 Å². The zero-order chi connectivity index (χ0) is 37.0. The molecule has 9 aromatic carbocycles. The third kappa shape index (κ3) is 5.49. The lowest BCUT2D eigenvalue weighted by atomic mass is 9.89. The van der Waals surface area contributed by atoms with E-state index in [9.17, 15) is 0 Å². The van der Waals surface area contributed by atoms with Gasteiger partial charge in [-0.3, -0.25) is 0 Å². The minimum atomic E-state index is 0.839. The Bertz CT molecular complexity index is 2980. The van der Waals surface area contributed by atoms with Crippen LogP contribution in [0.4, 0.5) is 17.1 Å². The van der Waals surface area contributed by atoms with E-state index < -0.39 is 0 Å². The quantitative estimate of drug-likeness (QED) is 0.165.